The molecule has 0 aliphatic heterocycles. The normalized spacial score (nSPS) is 11.8. The van der Waals surface area contributed by atoms with Crippen molar-refractivity contribution in [1.29, 1.82) is 0 Å². The van der Waals surface area contributed by atoms with Crippen LogP contribution in [0.3, 0.4) is 0 Å². The number of hydrogen-bond donors (Lipinski definition) is 1. The summed E-state index contributed by atoms with van der Waals surface area (Å²) in [5, 5.41) is 4.00. The Bertz CT molecular complexity index is 641. The predicted octanol–water partition coefficient (Wildman–Crippen LogP) is 4.71. The lowest BCUT2D eigenvalue weighted by atomic mass is 10.2. The molecule has 2 aromatic carbocycles. The van der Waals surface area contributed by atoms with E-state index in [1.165, 1.54) is 0 Å². The number of aryl methyl sites for hydroxylation is 1. The second-order valence-electron chi connectivity index (χ2n) is 4.66. The van der Waals surface area contributed by atoms with Crippen LogP contribution < -0.4 is 10.1 Å². The minimum absolute atomic E-state index is 0.240. The summed E-state index contributed by atoms with van der Waals surface area (Å²) in [6.07, 6.45) is -0.635. The van der Waals surface area contributed by atoms with E-state index < -0.39 is 6.10 Å². The molecule has 1 N–H and O–H groups in total. The molecule has 2 aromatic rings. The molecule has 0 aliphatic rings. The van der Waals surface area contributed by atoms with Crippen molar-refractivity contribution in [2.24, 2.45) is 0 Å². The molecule has 0 spiro atoms. The van der Waals surface area contributed by atoms with Crippen molar-refractivity contribution in [3.05, 3.63) is 58.1 Å². The Kier molecular flexibility index (Phi) is 5.10. The lowest BCUT2D eigenvalue weighted by molar-refractivity contribution is -0.122. The van der Waals surface area contributed by atoms with Crippen molar-refractivity contribution in [3.63, 3.8) is 0 Å². The number of halogens is 2. The molecule has 1 amide bonds. The van der Waals surface area contributed by atoms with E-state index in [1.807, 2.05) is 13.0 Å². The first-order valence-electron chi connectivity index (χ1n) is 6.45. The third-order valence-corrected chi connectivity index (χ3v) is 3.44. The maximum Gasteiger partial charge on any atom is 0.265 e. The highest BCUT2D eigenvalue weighted by Gasteiger charge is 2.15. The van der Waals surface area contributed by atoms with Gasteiger partial charge in [-0.15, -0.1) is 0 Å². The summed E-state index contributed by atoms with van der Waals surface area (Å²) in [4.78, 5) is 12.1. The number of carbonyl (C=O) groups excluding carboxylic acids is 1. The molecule has 3 nitrogen and oxygen atoms in total. The van der Waals surface area contributed by atoms with Crippen molar-refractivity contribution < 1.29 is 9.53 Å². The third kappa shape index (κ3) is 4.38. The molecule has 0 heterocycles. The van der Waals surface area contributed by atoms with Gasteiger partial charge in [-0.25, -0.2) is 0 Å². The number of hydrogen-bond acceptors (Lipinski definition) is 2. The fourth-order valence-electron chi connectivity index (χ4n) is 1.73. The monoisotopic (exact) mass is 323 g/mol. The van der Waals surface area contributed by atoms with Gasteiger partial charge in [0.15, 0.2) is 6.10 Å². The number of rotatable bonds is 4. The van der Waals surface area contributed by atoms with Gasteiger partial charge in [-0.05, 0) is 55.8 Å². The molecule has 0 fully saturated rings. The summed E-state index contributed by atoms with van der Waals surface area (Å²) in [5.74, 6) is 0.347. The molecular formula is C16H15Cl2NO2. The first-order valence-corrected chi connectivity index (χ1v) is 7.20. The molecule has 0 bridgehead atoms. The quantitative estimate of drug-likeness (QED) is 0.885. The zero-order valence-corrected chi connectivity index (χ0v) is 13.2. The summed E-state index contributed by atoms with van der Waals surface area (Å²) in [5.41, 5.74) is 1.62. The molecule has 1 atom stereocenters. The molecule has 5 heteroatoms. The molecule has 0 aliphatic carbocycles. The molecular weight excluding hydrogens is 309 g/mol. The Balaban J connectivity index is 2.02. The summed E-state index contributed by atoms with van der Waals surface area (Å²) < 4.78 is 5.57. The van der Waals surface area contributed by atoms with Gasteiger partial charge in [0, 0.05) is 15.7 Å². The van der Waals surface area contributed by atoms with Crippen LogP contribution in [0.25, 0.3) is 0 Å². The van der Waals surface area contributed by atoms with Gasteiger partial charge in [0.05, 0.1) is 0 Å². The molecule has 110 valence electrons. The van der Waals surface area contributed by atoms with E-state index in [9.17, 15) is 4.79 Å². The van der Waals surface area contributed by atoms with E-state index in [-0.39, 0.29) is 5.91 Å². The summed E-state index contributed by atoms with van der Waals surface area (Å²) in [7, 11) is 0. The number of ether oxygens (including phenoxy) is 1. The summed E-state index contributed by atoms with van der Waals surface area (Å²) in [6, 6.07) is 12.2. The third-order valence-electron chi connectivity index (χ3n) is 2.95. The van der Waals surface area contributed by atoms with Gasteiger partial charge in [0.2, 0.25) is 0 Å². The van der Waals surface area contributed by atoms with Crippen LogP contribution >= 0.6 is 23.2 Å². The van der Waals surface area contributed by atoms with E-state index in [4.69, 9.17) is 27.9 Å². The Morgan fingerprint density at radius 3 is 2.38 bits per heavy atom. The van der Waals surface area contributed by atoms with Crippen molar-refractivity contribution in [2.75, 3.05) is 5.32 Å². The maximum atomic E-state index is 12.1. The van der Waals surface area contributed by atoms with Crippen LogP contribution in [0.1, 0.15) is 12.5 Å². The van der Waals surface area contributed by atoms with Crippen LogP contribution in [0.15, 0.2) is 42.5 Å². The van der Waals surface area contributed by atoms with E-state index in [0.717, 1.165) is 5.56 Å². The van der Waals surface area contributed by atoms with E-state index in [1.54, 1.807) is 43.3 Å². The largest absolute Gasteiger partial charge is 0.481 e. The van der Waals surface area contributed by atoms with Crippen LogP contribution in [0, 0.1) is 6.92 Å². The van der Waals surface area contributed by atoms with Crippen molar-refractivity contribution in [3.8, 4) is 5.75 Å². The van der Waals surface area contributed by atoms with E-state index >= 15 is 0 Å². The lowest BCUT2D eigenvalue weighted by Gasteiger charge is -2.16. The molecule has 0 unspecified atom stereocenters. The van der Waals surface area contributed by atoms with Gasteiger partial charge in [-0.2, -0.15) is 0 Å². The Hall–Kier alpha value is -1.71. The van der Waals surface area contributed by atoms with Gasteiger partial charge in [0.25, 0.3) is 5.91 Å². The highest BCUT2D eigenvalue weighted by molar-refractivity contribution is 6.31. The average Bonchev–Trinajstić information content (AvgIpc) is 2.45. The van der Waals surface area contributed by atoms with Gasteiger partial charge < -0.3 is 10.1 Å². The highest BCUT2D eigenvalue weighted by Crippen LogP contribution is 2.21. The average molecular weight is 324 g/mol. The highest BCUT2D eigenvalue weighted by atomic mass is 35.5. The van der Waals surface area contributed by atoms with Crippen LogP contribution in [0.5, 0.6) is 5.75 Å². The van der Waals surface area contributed by atoms with Gasteiger partial charge in [-0.3, -0.25) is 4.79 Å². The number of nitrogens with one attached hydrogen (secondary N) is 1. The number of benzene rings is 2. The Morgan fingerprint density at radius 1 is 1.10 bits per heavy atom. The summed E-state index contributed by atoms with van der Waals surface area (Å²) >= 11 is 11.7. The predicted molar refractivity (Wildman–Crippen MR) is 86.4 cm³/mol. The number of anilines is 1. The Labute approximate surface area is 133 Å². The van der Waals surface area contributed by atoms with Gasteiger partial charge in [-0.1, -0.05) is 29.3 Å². The van der Waals surface area contributed by atoms with Gasteiger partial charge >= 0.3 is 0 Å². The minimum Gasteiger partial charge on any atom is -0.481 e. The first-order chi connectivity index (χ1) is 9.95. The van der Waals surface area contributed by atoms with Crippen LogP contribution in [-0.2, 0) is 4.79 Å². The SMILES string of the molecule is Cc1ccc(Cl)cc1NC(=O)[C@H](C)Oc1ccc(Cl)cc1. The van der Waals surface area contributed by atoms with Crippen molar-refractivity contribution >= 4 is 34.8 Å². The van der Waals surface area contributed by atoms with E-state index in [2.05, 4.69) is 5.32 Å². The fraction of sp³-hybridized carbons (Fsp3) is 0.188. The minimum atomic E-state index is -0.635. The molecule has 21 heavy (non-hydrogen) atoms. The molecule has 0 saturated carbocycles. The van der Waals surface area contributed by atoms with Crippen LogP contribution in [-0.4, -0.2) is 12.0 Å². The van der Waals surface area contributed by atoms with Crippen LogP contribution in [0.4, 0.5) is 5.69 Å². The fourth-order valence-corrected chi connectivity index (χ4v) is 2.03. The number of amides is 1. The molecule has 0 saturated heterocycles. The zero-order valence-electron chi connectivity index (χ0n) is 11.7. The lowest BCUT2D eigenvalue weighted by Crippen LogP contribution is -2.30. The second kappa shape index (κ2) is 6.83. The standard InChI is InChI=1S/C16H15Cl2NO2/c1-10-3-4-13(18)9-15(10)19-16(20)11(2)21-14-7-5-12(17)6-8-14/h3-9,11H,1-2H3,(H,19,20)/t11-/m0/s1. The first kappa shape index (κ1) is 15.7. The van der Waals surface area contributed by atoms with Gasteiger partial charge in [0.1, 0.15) is 5.75 Å². The molecule has 0 radical (unpaired) electrons. The molecule has 2 rings (SSSR count). The van der Waals surface area contributed by atoms with E-state index in [0.29, 0.717) is 21.5 Å². The maximum absolute atomic E-state index is 12.1. The number of carbonyl (C=O) groups is 1. The topological polar surface area (TPSA) is 38.3 Å². The van der Waals surface area contributed by atoms with Crippen molar-refractivity contribution in [2.45, 2.75) is 20.0 Å². The van der Waals surface area contributed by atoms with Crippen LogP contribution in [0.2, 0.25) is 10.0 Å². The zero-order chi connectivity index (χ0) is 15.4. The molecule has 0 aromatic heterocycles. The van der Waals surface area contributed by atoms with Crippen molar-refractivity contribution in [1.82, 2.24) is 0 Å². The Morgan fingerprint density at radius 2 is 1.71 bits per heavy atom. The smallest absolute Gasteiger partial charge is 0.265 e. The second-order valence-corrected chi connectivity index (χ2v) is 5.54. The summed E-state index contributed by atoms with van der Waals surface area (Å²) in [6.45, 7) is 3.58.